The molecule has 18 heavy (non-hydrogen) atoms. The summed E-state index contributed by atoms with van der Waals surface area (Å²) >= 11 is 0. The maximum absolute atomic E-state index is 9.90. The number of aromatic hydroxyl groups is 1. The van der Waals surface area contributed by atoms with Crippen LogP contribution in [0.3, 0.4) is 0 Å². The van der Waals surface area contributed by atoms with Gasteiger partial charge in [-0.05, 0) is 38.2 Å². The van der Waals surface area contributed by atoms with Crippen LogP contribution in [-0.2, 0) is 13.5 Å². The number of halogens is 1. The smallest absolute Gasteiger partial charge is 0.125 e. The van der Waals surface area contributed by atoms with E-state index in [1.807, 2.05) is 19.2 Å². The van der Waals surface area contributed by atoms with Crippen molar-refractivity contribution in [3.8, 4) is 5.75 Å². The number of hydrogen-bond acceptors (Lipinski definition) is 2. The first-order valence-electron chi connectivity index (χ1n) is 5.88. The predicted molar refractivity (Wildman–Crippen MR) is 73.9 cm³/mol. The summed E-state index contributed by atoms with van der Waals surface area (Å²) in [5.74, 6) is 0.381. The van der Waals surface area contributed by atoms with Gasteiger partial charge in [0.2, 0.25) is 0 Å². The zero-order chi connectivity index (χ0) is 13.7. The average molecular weight is 252 g/mol. The topological polar surface area (TPSA) is 28.4 Å². The molecule has 2 aromatic rings. The number of phenolic OH excluding ortho intramolecular Hbond substituents is 1. The van der Waals surface area contributed by atoms with Crippen molar-refractivity contribution in [2.75, 3.05) is 27.8 Å². The first-order valence-corrected chi connectivity index (χ1v) is 5.88. The van der Waals surface area contributed by atoms with E-state index < -0.39 is 0 Å². The Labute approximate surface area is 107 Å². The van der Waals surface area contributed by atoms with Gasteiger partial charge in [-0.2, -0.15) is 0 Å². The van der Waals surface area contributed by atoms with Crippen LogP contribution in [0.25, 0.3) is 10.9 Å². The van der Waals surface area contributed by atoms with Gasteiger partial charge in [0.25, 0.3) is 0 Å². The third-order valence-corrected chi connectivity index (χ3v) is 2.90. The van der Waals surface area contributed by atoms with E-state index in [1.54, 1.807) is 6.07 Å². The van der Waals surface area contributed by atoms with Gasteiger partial charge in [-0.3, -0.25) is 4.39 Å². The molecule has 1 aromatic carbocycles. The second-order valence-corrected chi connectivity index (χ2v) is 4.49. The van der Waals surface area contributed by atoms with E-state index in [9.17, 15) is 9.50 Å². The van der Waals surface area contributed by atoms with Crippen molar-refractivity contribution >= 4 is 10.9 Å². The first-order chi connectivity index (χ1) is 8.59. The van der Waals surface area contributed by atoms with Gasteiger partial charge >= 0.3 is 0 Å². The third-order valence-electron chi connectivity index (χ3n) is 2.90. The van der Waals surface area contributed by atoms with Crippen LogP contribution in [0, 0.1) is 0 Å². The summed E-state index contributed by atoms with van der Waals surface area (Å²) in [6.45, 7) is 0.993. The molecule has 0 aliphatic carbocycles. The van der Waals surface area contributed by atoms with Crippen LogP contribution in [-0.4, -0.2) is 42.4 Å². The number of rotatable bonds is 3. The van der Waals surface area contributed by atoms with Gasteiger partial charge in [0.15, 0.2) is 0 Å². The normalized spacial score (nSPS) is 10.6. The Morgan fingerprint density at radius 1 is 1.28 bits per heavy atom. The molecule has 0 fully saturated rings. The Hall–Kier alpha value is -1.55. The third kappa shape index (κ3) is 3.01. The summed E-state index contributed by atoms with van der Waals surface area (Å²) in [4.78, 5) is 2.15. The van der Waals surface area contributed by atoms with Crippen LogP contribution in [0.1, 0.15) is 5.56 Å². The zero-order valence-electron chi connectivity index (χ0n) is 11.4. The molecule has 0 bridgehead atoms. The summed E-state index contributed by atoms with van der Waals surface area (Å²) in [5.41, 5.74) is 2.30. The average Bonchev–Trinajstić information content (AvgIpc) is 2.68. The molecule has 0 atom stereocenters. The monoisotopic (exact) mass is 252 g/mol. The van der Waals surface area contributed by atoms with E-state index in [1.165, 1.54) is 5.56 Å². The quantitative estimate of drug-likeness (QED) is 0.909. The van der Waals surface area contributed by atoms with Gasteiger partial charge in [-0.15, -0.1) is 0 Å². The van der Waals surface area contributed by atoms with Gasteiger partial charge < -0.3 is 14.6 Å². The molecule has 0 radical (unpaired) electrons. The summed E-state index contributed by atoms with van der Waals surface area (Å²) in [6, 6.07) is 5.67. The molecule has 3 nitrogen and oxygen atoms in total. The molecule has 1 N–H and O–H groups in total. The maximum atomic E-state index is 9.90. The molecule has 0 unspecified atom stereocenters. The van der Waals surface area contributed by atoms with Crippen LogP contribution in [0.5, 0.6) is 5.75 Å². The first kappa shape index (κ1) is 14.5. The Balaban J connectivity index is 0.000000771. The zero-order valence-corrected chi connectivity index (χ0v) is 11.4. The predicted octanol–water partition coefficient (Wildman–Crippen LogP) is 2.57. The molecule has 1 aromatic heterocycles. The number of fused-ring (bicyclic) bond motifs is 1. The highest BCUT2D eigenvalue weighted by molar-refractivity contribution is 5.89. The van der Waals surface area contributed by atoms with Crippen molar-refractivity contribution in [3.63, 3.8) is 0 Å². The van der Waals surface area contributed by atoms with Crippen molar-refractivity contribution in [1.29, 1.82) is 0 Å². The van der Waals surface area contributed by atoms with E-state index in [-0.39, 0.29) is 0 Å². The number of nitrogens with zero attached hydrogens (tertiary/aromatic N) is 2. The molecular weight excluding hydrogens is 231 g/mol. The summed E-state index contributed by atoms with van der Waals surface area (Å²) < 4.78 is 11.6. The second kappa shape index (κ2) is 6.40. The highest BCUT2D eigenvalue weighted by atomic mass is 19.1. The molecule has 0 saturated carbocycles. The Kier molecular flexibility index (Phi) is 5.16. The number of likely N-dealkylation sites (N-methyl/N-ethyl adjacent to an activating group) is 1. The summed E-state index contributed by atoms with van der Waals surface area (Å²) in [7, 11) is 6.64. The molecular formula is C14H21FN2O. The Morgan fingerprint density at radius 2 is 1.94 bits per heavy atom. The number of aromatic nitrogens is 1. The van der Waals surface area contributed by atoms with E-state index >= 15 is 0 Å². The van der Waals surface area contributed by atoms with Gasteiger partial charge in [-0.1, -0.05) is 6.07 Å². The summed E-state index contributed by atoms with van der Waals surface area (Å²) in [5, 5.41) is 10.9. The minimum Gasteiger partial charge on any atom is -0.507 e. The molecule has 0 spiro atoms. The van der Waals surface area contributed by atoms with Crippen LogP contribution < -0.4 is 0 Å². The van der Waals surface area contributed by atoms with Gasteiger partial charge in [0.05, 0.1) is 12.7 Å². The number of hydrogen-bond donors (Lipinski definition) is 1. The number of benzene rings is 1. The number of aryl methyl sites for hydroxylation is 1. The van der Waals surface area contributed by atoms with Crippen LogP contribution in [0.2, 0.25) is 0 Å². The number of alkyl halides is 1. The molecule has 4 heteroatoms. The molecule has 0 aliphatic heterocycles. The lowest BCUT2D eigenvalue weighted by Crippen LogP contribution is -2.14. The lowest BCUT2D eigenvalue weighted by molar-refractivity contribution is 0.413. The Morgan fingerprint density at radius 3 is 2.56 bits per heavy atom. The maximum Gasteiger partial charge on any atom is 0.125 e. The molecule has 0 amide bonds. The minimum atomic E-state index is 0.381. The fraction of sp³-hybridized carbons (Fsp3) is 0.429. The second-order valence-electron chi connectivity index (χ2n) is 4.49. The molecule has 0 aliphatic rings. The van der Waals surface area contributed by atoms with Crippen molar-refractivity contribution in [1.82, 2.24) is 9.47 Å². The molecule has 0 saturated heterocycles. The lowest BCUT2D eigenvalue weighted by atomic mass is 10.1. The van der Waals surface area contributed by atoms with Gasteiger partial charge in [0.1, 0.15) is 5.75 Å². The molecule has 100 valence electrons. The highest BCUT2D eigenvalue weighted by Gasteiger charge is 2.10. The number of phenols is 1. The lowest BCUT2D eigenvalue weighted by Gasteiger charge is -2.08. The molecule has 1 heterocycles. The Bertz CT molecular complexity index is 506. The fourth-order valence-corrected chi connectivity index (χ4v) is 2.05. The van der Waals surface area contributed by atoms with E-state index in [0.29, 0.717) is 12.9 Å². The van der Waals surface area contributed by atoms with Crippen molar-refractivity contribution < 1.29 is 9.50 Å². The highest BCUT2D eigenvalue weighted by Crippen LogP contribution is 2.29. The van der Waals surface area contributed by atoms with Crippen molar-refractivity contribution in [2.24, 2.45) is 7.05 Å². The van der Waals surface area contributed by atoms with Crippen molar-refractivity contribution in [3.05, 3.63) is 30.0 Å². The SMILES string of the molecule is CF.CN(C)CCc1cn(C)c2cccc(O)c12. The molecule has 2 rings (SSSR count). The minimum absolute atomic E-state index is 0.381. The van der Waals surface area contributed by atoms with Crippen molar-refractivity contribution in [2.45, 2.75) is 6.42 Å². The van der Waals surface area contributed by atoms with Crippen LogP contribution >= 0.6 is 0 Å². The largest absolute Gasteiger partial charge is 0.507 e. The van der Waals surface area contributed by atoms with Gasteiger partial charge in [0, 0.05) is 25.2 Å². The summed E-state index contributed by atoms with van der Waals surface area (Å²) in [6.07, 6.45) is 3.07. The van der Waals surface area contributed by atoms with E-state index in [0.717, 1.165) is 23.9 Å². The van der Waals surface area contributed by atoms with Crippen LogP contribution in [0.15, 0.2) is 24.4 Å². The van der Waals surface area contributed by atoms with Gasteiger partial charge in [-0.25, -0.2) is 0 Å². The standard InChI is InChI=1S/C13H18N2O.CH3F/c1-14(2)8-7-10-9-15(3)11-5-4-6-12(16)13(10)11;1-2/h4-6,9,16H,7-8H2,1-3H3;1H3. The fourth-order valence-electron chi connectivity index (χ4n) is 2.05. The van der Waals surface area contributed by atoms with E-state index in [4.69, 9.17) is 0 Å². The van der Waals surface area contributed by atoms with Crippen LogP contribution in [0.4, 0.5) is 4.39 Å². The van der Waals surface area contributed by atoms with E-state index in [2.05, 4.69) is 29.8 Å².